The molecule has 2 unspecified atom stereocenters. The van der Waals surface area contributed by atoms with Gasteiger partial charge in [0, 0.05) is 0 Å². The van der Waals surface area contributed by atoms with Crippen molar-refractivity contribution >= 4 is 23.9 Å². The fourth-order valence-electron chi connectivity index (χ4n) is 3.27. The molecule has 3 rings (SSSR count). The fraction of sp³-hybridized carbons (Fsp3) is 0.444. The number of carbonyl (C=O) groups is 4. The van der Waals surface area contributed by atoms with Crippen LogP contribution in [0.5, 0.6) is 0 Å². The lowest BCUT2D eigenvalue weighted by atomic mass is 9.99. The highest BCUT2D eigenvalue weighted by Gasteiger charge is 2.51. The molecule has 2 atom stereocenters. The maximum Gasteiger partial charge on any atom is 0.337 e. The minimum absolute atomic E-state index is 0.137. The van der Waals surface area contributed by atoms with E-state index in [2.05, 4.69) is 16.0 Å². The Morgan fingerprint density at radius 2 is 2.04 bits per heavy atom. The fourth-order valence-corrected chi connectivity index (χ4v) is 3.27. The van der Waals surface area contributed by atoms with E-state index in [-0.39, 0.29) is 24.4 Å². The van der Waals surface area contributed by atoms with Gasteiger partial charge in [0.25, 0.3) is 5.91 Å². The zero-order chi connectivity index (χ0) is 20.6. The Hall–Kier alpha value is -3.30. The highest BCUT2D eigenvalue weighted by molar-refractivity contribution is 6.07. The molecule has 10 heteroatoms. The predicted octanol–water partition coefficient (Wildman–Crippen LogP) is 0.874. The first-order chi connectivity index (χ1) is 13.2. The number of nitrogens with zero attached hydrogens (tertiary/aromatic N) is 1. The van der Waals surface area contributed by atoms with E-state index >= 15 is 0 Å². The summed E-state index contributed by atoms with van der Waals surface area (Å²) in [5.41, 5.74) is -1.08. The number of amides is 5. The van der Waals surface area contributed by atoms with Gasteiger partial charge in [-0.3, -0.25) is 9.69 Å². The molecular formula is C18H22N4O6. The molecule has 10 nitrogen and oxygen atoms in total. The molecule has 2 aliphatic heterocycles. The number of hydrogen-bond donors (Lipinski definition) is 3. The maximum absolute atomic E-state index is 13.0. The number of nitrogens with one attached hydrogen (secondary N) is 3. The third-order valence-corrected chi connectivity index (χ3v) is 4.69. The van der Waals surface area contributed by atoms with E-state index in [1.54, 1.807) is 32.9 Å². The van der Waals surface area contributed by atoms with Crippen LogP contribution in [0.1, 0.15) is 32.3 Å². The highest BCUT2D eigenvalue weighted by Crippen LogP contribution is 2.31. The zero-order valence-corrected chi connectivity index (χ0v) is 16.0. The van der Waals surface area contributed by atoms with Crippen LogP contribution in [-0.2, 0) is 19.9 Å². The normalized spacial score (nSPS) is 24.8. The van der Waals surface area contributed by atoms with Gasteiger partial charge >= 0.3 is 18.0 Å². The van der Waals surface area contributed by atoms with Crippen LogP contribution in [0.4, 0.5) is 9.59 Å². The molecule has 0 aromatic carbocycles. The Labute approximate surface area is 161 Å². The number of rotatable bonds is 5. The minimum Gasteiger partial charge on any atom is -0.463 e. The molecule has 1 saturated heterocycles. The number of furan rings is 1. The summed E-state index contributed by atoms with van der Waals surface area (Å²) in [6.45, 7) is 6.41. The van der Waals surface area contributed by atoms with Gasteiger partial charge in [-0.2, -0.15) is 0 Å². The summed E-state index contributed by atoms with van der Waals surface area (Å²) < 4.78 is 10.6. The first-order valence-corrected chi connectivity index (χ1v) is 8.86. The smallest absolute Gasteiger partial charge is 0.337 e. The molecule has 150 valence electrons. The Morgan fingerprint density at radius 1 is 1.32 bits per heavy atom. The maximum atomic E-state index is 13.0. The molecule has 5 amide bonds. The van der Waals surface area contributed by atoms with Crippen LogP contribution in [-0.4, -0.2) is 48.0 Å². The van der Waals surface area contributed by atoms with E-state index in [1.165, 1.54) is 6.92 Å². The monoisotopic (exact) mass is 390 g/mol. The van der Waals surface area contributed by atoms with E-state index in [1.807, 2.05) is 0 Å². The zero-order valence-electron chi connectivity index (χ0n) is 16.0. The molecule has 0 radical (unpaired) electrons. The van der Waals surface area contributed by atoms with Gasteiger partial charge in [0.2, 0.25) is 0 Å². The van der Waals surface area contributed by atoms with Crippen molar-refractivity contribution in [2.45, 2.75) is 39.3 Å². The summed E-state index contributed by atoms with van der Waals surface area (Å²) in [4.78, 5) is 50.6. The van der Waals surface area contributed by atoms with Crippen molar-refractivity contribution in [2.75, 3.05) is 13.2 Å². The molecule has 1 fully saturated rings. The Balaban J connectivity index is 1.93. The largest absolute Gasteiger partial charge is 0.463 e. The van der Waals surface area contributed by atoms with Gasteiger partial charge in [0.05, 0.1) is 30.5 Å². The average molecular weight is 390 g/mol. The van der Waals surface area contributed by atoms with Crippen LogP contribution in [0.15, 0.2) is 27.8 Å². The predicted molar refractivity (Wildman–Crippen MR) is 95.8 cm³/mol. The molecule has 0 saturated carbocycles. The Bertz CT molecular complexity index is 888. The van der Waals surface area contributed by atoms with Crippen molar-refractivity contribution in [3.63, 3.8) is 0 Å². The minimum atomic E-state index is -1.38. The lowest BCUT2D eigenvalue weighted by Crippen LogP contribution is -2.52. The third kappa shape index (κ3) is 3.21. The molecular weight excluding hydrogens is 368 g/mol. The number of esters is 1. The van der Waals surface area contributed by atoms with E-state index in [4.69, 9.17) is 9.15 Å². The quantitative estimate of drug-likeness (QED) is 0.505. The van der Waals surface area contributed by atoms with Crippen LogP contribution in [0, 0.1) is 6.92 Å². The SMILES string of the molecule is CCOC(=O)C1=C(CN2C(=O)NC(C)(c3ccc(C)o3)C2=O)NC(=O)NC1C. The first kappa shape index (κ1) is 19.5. The standard InChI is InChI=1S/C18H22N4O6/c1-5-27-14(23)13-10(3)19-16(25)20-11(13)8-22-15(24)18(4,21-17(22)26)12-7-6-9(2)28-12/h6-7,10H,5,8H2,1-4H3,(H,21,26)(H2,19,20,25). The molecule has 0 spiro atoms. The Kier molecular flexibility index (Phi) is 4.88. The number of urea groups is 2. The van der Waals surface area contributed by atoms with Crippen LogP contribution in [0.3, 0.4) is 0 Å². The number of hydrogen-bond acceptors (Lipinski definition) is 6. The van der Waals surface area contributed by atoms with Crippen molar-refractivity contribution in [1.29, 1.82) is 0 Å². The topological polar surface area (TPSA) is 130 Å². The second-order valence-corrected chi connectivity index (χ2v) is 6.79. The van der Waals surface area contributed by atoms with E-state index in [9.17, 15) is 19.2 Å². The Morgan fingerprint density at radius 3 is 2.64 bits per heavy atom. The number of ether oxygens (including phenoxy) is 1. The van der Waals surface area contributed by atoms with Gasteiger partial charge in [0.1, 0.15) is 11.5 Å². The van der Waals surface area contributed by atoms with Crippen molar-refractivity contribution < 1.29 is 28.3 Å². The summed E-state index contributed by atoms with van der Waals surface area (Å²) in [7, 11) is 0. The molecule has 28 heavy (non-hydrogen) atoms. The van der Waals surface area contributed by atoms with Crippen molar-refractivity contribution in [1.82, 2.24) is 20.9 Å². The third-order valence-electron chi connectivity index (χ3n) is 4.69. The van der Waals surface area contributed by atoms with Crippen LogP contribution < -0.4 is 16.0 Å². The molecule has 1 aromatic heterocycles. The van der Waals surface area contributed by atoms with Crippen LogP contribution in [0.2, 0.25) is 0 Å². The van der Waals surface area contributed by atoms with E-state index < -0.39 is 35.5 Å². The average Bonchev–Trinajstić information content (AvgIpc) is 3.13. The summed E-state index contributed by atoms with van der Waals surface area (Å²) in [5.74, 6) is -0.284. The number of imide groups is 1. The number of aryl methyl sites for hydroxylation is 1. The molecule has 0 bridgehead atoms. The lowest BCUT2D eigenvalue weighted by molar-refractivity contribution is -0.139. The van der Waals surface area contributed by atoms with Gasteiger partial charge in [-0.1, -0.05) is 0 Å². The van der Waals surface area contributed by atoms with Crippen LogP contribution in [0.25, 0.3) is 0 Å². The first-order valence-electron chi connectivity index (χ1n) is 8.86. The van der Waals surface area contributed by atoms with Gasteiger partial charge in [0.15, 0.2) is 5.54 Å². The molecule has 0 aliphatic carbocycles. The summed E-state index contributed by atoms with van der Waals surface area (Å²) >= 11 is 0. The van der Waals surface area contributed by atoms with Gasteiger partial charge in [-0.15, -0.1) is 0 Å². The van der Waals surface area contributed by atoms with Crippen molar-refractivity contribution in [3.8, 4) is 0 Å². The molecule has 3 N–H and O–H groups in total. The molecule has 2 aliphatic rings. The van der Waals surface area contributed by atoms with E-state index in [0.29, 0.717) is 11.5 Å². The van der Waals surface area contributed by atoms with Crippen molar-refractivity contribution in [2.24, 2.45) is 0 Å². The van der Waals surface area contributed by atoms with Crippen molar-refractivity contribution in [3.05, 3.63) is 34.9 Å². The van der Waals surface area contributed by atoms with E-state index in [0.717, 1.165) is 4.90 Å². The summed E-state index contributed by atoms with van der Waals surface area (Å²) in [6.07, 6.45) is 0. The van der Waals surface area contributed by atoms with Crippen LogP contribution >= 0.6 is 0 Å². The molecule has 1 aromatic rings. The summed E-state index contributed by atoms with van der Waals surface area (Å²) in [5, 5.41) is 7.69. The van der Waals surface area contributed by atoms with Gasteiger partial charge in [-0.05, 0) is 39.8 Å². The second-order valence-electron chi connectivity index (χ2n) is 6.79. The molecule has 3 heterocycles. The lowest BCUT2D eigenvalue weighted by Gasteiger charge is -2.28. The second kappa shape index (κ2) is 7.02. The number of carbonyl (C=O) groups excluding carboxylic acids is 4. The van der Waals surface area contributed by atoms with Gasteiger partial charge < -0.3 is 25.1 Å². The van der Waals surface area contributed by atoms with Gasteiger partial charge in [-0.25, -0.2) is 14.4 Å². The summed E-state index contributed by atoms with van der Waals surface area (Å²) in [6, 6.07) is 1.49. The highest BCUT2D eigenvalue weighted by atomic mass is 16.5.